The number of nitrogens with zero attached hydrogens (tertiary/aromatic N) is 1. The zero-order valence-corrected chi connectivity index (χ0v) is 10.9. The average Bonchev–Trinajstić information content (AvgIpc) is 2.58. The van der Waals surface area contributed by atoms with Crippen molar-refractivity contribution in [2.45, 2.75) is 32.9 Å². The van der Waals surface area contributed by atoms with Crippen molar-refractivity contribution >= 4 is 28.2 Å². The van der Waals surface area contributed by atoms with Gasteiger partial charge in [0, 0.05) is 6.04 Å². The Labute approximate surface area is 105 Å². The second-order valence-electron chi connectivity index (χ2n) is 3.89. The van der Waals surface area contributed by atoms with Crippen LogP contribution in [0.3, 0.4) is 0 Å². The summed E-state index contributed by atoms with van der Waals surface area (Å²) in [5.74, 6) is 2.35. The van der Waals surface area contributed by atoms with Gasteiger partial charge in [0.25, 0.3) is 5.91 Å². The zero-order valence-electron chi connectivity index (χ0n) is 10.1. The summed E-state index contributed by atoms with van der Waals surface area (Å²) in [6.45, 7) is 5.69. The molecule has 1 atom stereocenters. The largest absolute Gasteiger partial charge is 0.382 e. The van der Waals surface area contributed by atoms with Crippen molar-refractivity contribution < 1.29 is 4.79 Å². The van der Waals surface area contributed by atoms with E-state index in [1.54, 1.807) is 6.92 Å². The Hall–Kier alpha value is -1.74. The van der Waals surface area contributed by atoms with Gasteiger partial charge in [-0.1, -0.05) is 17.3 Å². The molecule has 5 nitrogen and oxygen atoms in total. The minimum Gasteiger partial charge on any atom is -0.382 e. The third-order valence-electron chi connectivity index (χ3n) is 1.87. The van der Waals surface area contributed by atoms with E-state index < -0.39 is 0 Å². The second kappa shape index (κ2) is 5.55. The van der Waals surface area contributed by atoms with E-state index in [1.165, 1.54) is 11.3 Å². The van der Waals surface area contributed by atoms with E-state index in [0.717, 1.165) is 0 Å². The highest BCUT2D eigenvalue weighted by atomic mass is 32.1. The van der Waals surface area contributed by atoms with Gasteiger partial charge in [0.2, 0.25) is 0 Å². The first kappa shape index (κ1) is 13.3. The average molecular weight is 252 g/mol. The number of aromatic nitrogens is 1. The van der Waals surface area contributed by atoms with Crippen LogP contribution in [0.15, 0.2) is 0 Å². The van der Waals surface area contributed by atoms with Gasteiger partial charge in [-0.15, -0.1) is 6.42 Å². The molecule has 1 unspecified atom stereocenters. The molecule has 17 heavy (non-hydrogen) atoms. The zero-order chi connectivity index (χ0) is 13.0. The number of nitrogen functional groups attached to an aromatic ring is 1. The Morgan fingerprint density at radius 3 is 2.71 bits per heavy atom. The number of carbonyl (C=O) groups is 1. The van der Waals surface area contributed by atoms with E-state index in [-0.39, 0.29) is 23.8 Å². The van der Waals surface area contributed by atoms with Gasteiger partial charge in [0.15, 0.2) is 5.13 Å². The van der Waals surface area contributed by atoms with Crippen molar-refractivity contribution in [1.82, 2.24) is 10.3 Å². The lowest BCUT2D eigenvalue weighted by Gasteiger charge is -2.06. The van der Waals surface area contributed by atoms with Crippen LogP contribution in [0, 0.1) is 12.3 Å². The molecule has 4 N–H and O–H groups in total. The molecule has 0 aliphatic carbocycles. The van der Waals surface area contributed by atoms with Crippen LogP contribution < -0.4 is 16.4 Å². The van der Waals surface area contributed by atoms with Crippen molar-refractivity contribution in [3.05, 3.63) is 4.88 Å². The van der Waals surface area contributed by atoms with Crippen molar-refractivity contribution in [3.8, 4) is 12.3 Å². The van der Waals surface area contributed by atoms with Crippen molar-refractivity contribution in [1.29, 1.82) is 0 Å². The number of rotatable bonds is 4. The number of amides is 1. The first-order valence-corrected chi connectivity index (χ1v) is 6.05. The summed E-state index contributed by atoms with van der Waals surface area (Å²) in [6.07, 6.45) is 5.19. The summed E-state index contributed by atoms with van der Waals surface area (Å²) in [6, 6.07) is -0.0911. The minimum atomic E-state index is -0.328. The molecule has 6 heteroatoms. The van der Waals surface area contributed by atoms with Crippen molar-refractivity contribution in [3.63, 3.8) is 0 Å². The molecule has 0 aliphatic heterocycles. The molecule has 1 heterocycles. The third kappa shape index (κ3) is 3.64. The van der Waals surface area contributed by atoms with Crippen LogP contribution >= 0.6 is 11.3 Å². The fourth-order valence-corrected chi connectivity index (χ4v) is 2.04. The van der Waals surface area contributed by atoms with E-state index in [9.17, 15) is 4.79 Å². The fourth-order valence-electron chi connectivity index (χ4n) is 1.11. The number of anilines is 2. The topological polar surface area (TPSA) is 80.0 Å². The van der Waals surface area contributed by atoms with Gasteiger partial charge in [-0.3, -0.25) is 4.79 Å². The molecular formula is C11H16N4OS. The lowest BCUT2D eigenvalue weighted by Crippen LogP contribution is -2.31. The highest BCUT2D eigenvalue weighted by Gasteiger charge is 2.17. The summed E-state index contributed by atoms with van der Waals surface area (Å²) in [5.41, 5.74) is 5.68. The van der Waals surface area contributed by atoms with Gasteiger partial charge in [0.1, 0.15) is 10.7 Å². The SMILES string of the molecule is C#CC(C)NC(=O)c1sc(NC(C)C)nc1N. The molecule has 0 saturated carbocycles. The van der Waals surface area contributed by atoms with Crippen LogP contribution in [0.4, 0.5) is 10.9 Å². The van der Waals surface area contributed by atoms with Gasteiger partial charge in [-0.05, 0) is 20.8 Å². The molecule has 1 rings (SSSR count). The molecule has 92 valence electrons. The Balaban J connectivity index is 2.81. The summed E-state index contributed by atoms with van der Waals surface area (Å²) < 4.78 is 0. The first-order valence-electron chi connectivity index (χ1n) is 5.24. The van der Waals surface area contributed by atoms with Crippen LogP contribution in [0.2, 0.25) is 0 Å². The monoisotopic (exact) mass is 252 g/mol. The third-order valence-corrected chi connectivity index (χ3v) is 2.87. The molecule has 0 spiro atoms. The molecule has 1 aromatic rings. The molecular weight excluding hydrogens is 236 g/mol. The van der Waals surface area contributed by atoms with E-state index in [2.05, 4.69) is 21.5 Å². The molecule has 0 saturated heterocycles. The molecule has 1 amide bonds. The fraction of sp³-hybridized carbons (Fsp3) is 0.455. The van der Waals surface area contributed by atoms with Crippen LogP contribution in [0.25, 0.3) is 0 Å². The quantitative estimate of drug-likeness (QED) is 0.706. The second-order valence-corrected chi connectivity index (χ2v) is 4.89. The Bertz CT molecular complexity index is 447. The lowest BCUT2D eigenvalue weighted by molar-refractivity contribution is 0.0953. The summed E-state index contributed by atoms with van der Waals surface area (Å²) in [7, 11) is 0. The molecule has 0 aromatic carbocycles. The maximum Gasteiger partial charge on any atom is 0.266 e. The Morgan fingerprint density at radius 2 is 2.18 bits per heavy atom. The maximum absolute atomic E-state index is 11.8. The van der Waals surface area contributed by atoms with Crippen molar-refractivity contribution in [2.75, 3.05) is 11.1 Å². The summed E-state index contributed by atoms with van der Waals surface area (Å²) in [4.78, 5) is 16.3. The predicted molar refractivity (Wildman–Crippen MR) is 71.0 cm³/mol. The predicted octanol–water partition coefficient (Wildman–Crippen LogP) is 1.30. The normalized spacial score (nSPS) is 11.9. The Morgan fingerprint density at radius 1 is 1.53 bits per heavy atom. The van der Waals surface area contributed by atoms with Gasteiger partial charge in [-0.25, -0.2) is 4.98 Å². The van der Waals surface area contributed by atoms with Crippen LogP contribution in [-0.4, -0.2) is 23.0 Å². The summed E-state index contributed by atoms with van der Waals surface area (Å²) in [5, 5.41) is 6.37. The number of carbonyl (C=O) groups excluding carboxylic acids is 1. The molecule has 0 bridgehead atoms. The number of nitrogens with one attached hydrogen (secondary N) is 2. The number of hydrogen-bond donors (Lipinski definition) is 3. The standard InChI is InChI=1S/C11H16N4OS/c1-5-7(4)14-10(16)8-9(12)15-11(17-8)13-6(2)3/h1,6-7H,12H2,2-4H3,(H,13,15)(H,14,16). The van der Waals surface area contributed by atoms with E-state index in [4.69, 9.17) is 12.2 Å². The highest BCUT2D eigenvalue weighted by Crippen LogP contribution is 2.25. The molecule has 0 radical (unpaired) electrons. The van der Waals surface area contributed by atoms with Gasteiger partial charge < -0.3 is 16.4 Å². The number of nitrogens with two attached hydrogens (primary N) is 1. The first-order chi connectivity index (χ1) is 7.93. The van der Waals surface area contributed by atoms with Gasteiger partial charge in [-0.2, -0.15) is 0 Å². The smallest absolute Gasteiger partial charge is 0.266 e. The van der Waals surface area contributed by atoms with Crippen molar-refractivity contribution in [2.24, 2.45) is 0 Å². The van der Waals surface area contributed by atoms with Crippen LogP contribution in [0.1, 0.15) is 30.4 Å². The molecule has 0 aliphatic rings. The van der Waals surface area contributed by atoms with Crippen LogP contribution in [-0.2, 0) is 0 Å². The van der Waals surface area contributed by atoms with Gasteiger partial charge in [0.05, 0.1) is 6.04 Å². The van der Waals surface area contributed by atoms with E-state index >= 15 is 0 Å². The lowest BCUT2D eigenvalue weighted by atomic mass is 10.3. The maximum atomic E-state index is 11.8. The van der Waals surface area contributed by atoms with Crippen LogP contribution in [0.5, 0.6) is 0 Å². The number of thiazole rings is 1. The van der Waals surface area contributed by atoms with E-state index in [1.807, 2.05) is 13.8 Å². The molecule has 0 fully saturated rings. The minimum absolute atomic E-state index is 0.222. The Kier molecular flexibility index (Phi) is 4.35. The highest BCUT2D eigenvalue weighted by molar-refractivity contribution is 7.18. The number of hydrogen-bond acceptors (Lipinski definition) is 5. The van der Waals surface area contributed by atoms with Gasteiger partial charge >= 0.3 is 0 Å². The van der Waals surface area contributed by atoms with E-state index in [0.29, 0.717) is 10.0 Å². The number of terminal acetylenes is 1. The summed E-state index contributed by atoms with van der Waals surface area (Å²) >= 11 is 1.22. The molecule has 1 aromatic heterocycles.